The Hall–Kier alpha value is -0.720. The van der Waals surface area contributed by atoms with Gasteiger partial charge >= 0.3 is 0 Å². The number of nitrogens with zero attached hydrogens (tertiary/aromatic N) is 1. The van der Waals surface area contributed by atoms with Crippen LogP contribution in [-0.4, -0.2) is 36.3 Å². The second kappa shape index (κ2) is 5.95. The Balaban J connectivity index is 2.42. The molecule has 20 heavy (non-hydrogen) atoms. The fourth-order valence-electron chi connectivity index (χ4n) is 2.57. The molecule has 2 N–H and O–H groups in total. The van der Waals surface area contributed by atoms with E-state index in [-0.39, 0.29) is 0 Å². The molecular formula is C14H22N2O2S2. The van der Waals surface area contributed by atoms with Crippen LogP contribution in [0.3, 0.4) is 0 Å². The topological polar surface area (TPSA) is 63.4 Å². The van der Waals surface area contributed by atoms with Gasteiger partial charge in [0.05, 0.1) is 4.90 Å². The number of aryl methyl sites for hydroxylation is 1. The van der Waals surface area contributed by atoms with Crippen molar-refractivity contribution in [3.8, 4) is 0 Å². The molecule has 2 rings (SSSR count). The molecule has 0 aromatic heterocycles. The molecule has 2 atom stereocenters. The summed E-state index contributed by atoms with van der Waals surface area (Å²) in [7, 11) is -3.45. The van der Waals surface area contributed by atoms with Crippen molar-refractivity contribution in [3.63, 3.8) is 0 Å². The molecular weight excluding hydrogens is 292 g/mol. The molecule has 1 aromatic carbocycles. The third-order valence-electron chi connectivity index (χ3n) is 3.48. The third kappa shape index (κ3) is 3.13. The van der Waals surface area contributed by atoms with Crippen molar-refractivity contribution in [1.29, 1.82) is 0 Å². The summed E-state index contributed by atoms with van der Waals surface area (Å²) in [5.74, 6) is 0. The fraction of sp³-hybridized carbons (Fsp3) is 0.571. The Kier molecular flexibility index (Phi) is 4.66. The number of hydrogen-bond acceptors (Lipinski definition) is 4. The Labute approximate surface area is 125 Å². The van der Waals surface area contributed by atoms with Crippen molar-refractivity contribution in [1.82, 2.24) is 4.31 Å². The number of thioether (sulfide) groups is 1. The molecule has 1 saturated heterocycles. The highest BCUT2D eigenvalue weighted by atomic mass is 32.2. The van der Waals surface area contributed by atoms with Gasteiger partial charge in [-0.2, -0.15) is 16.1 Å². The minimum Gasteiger partial charge on any atom is -0.399 e. The summed E-state index contributed by atoms with van der Waals surface area (Å²) >= 11 is 1.84. The van der Waals surface area contributed by atoms with Crippen LogP contribution in [0.25, 0.3) is 0 Å². The number of benzene rings is 1. The van der Waals surface area contributed by atoms with Gasteiger partial charge in [-0.3, -0.25) is 0 Å². The molecule has 0 spiro atoms. The van der Waals surface area contributed by atoms with Crippen molar-refractivity contribution >= 4 is 27.5 Å². The smallest absolute Gasteiger partial charge is 0.243 e. The number of hydrogen-bond donors (Lipinski definition) is 1. The first-order valence-electron chi connectivity index (χ1n) is 6.88. The van der Waals surface area contributed by atoms with Gasteiger partial charge in [-0.05, 0) is 24.1 Å². The van der Waals surface area contributed by atoms with Gasteiger partial charge in [-0.15, -0.1) is 0 Å². The fourth-order valence-corrected chi connectivity index (χ4v) is 6.03. The van der Waals surface area contributed by atoms with Gasteiger partial charge in [-0.1, -0.05) is 26.8 Å². The lowest BCUT2D eigenvalue weighted by atomic mass is 10.1. The van der Waals surface area contributed by atoms with E-state index in [1.807, 2.05) is 24.8 Å². The van der Waals surface area contributed by atoms with Crippen LogP contribution in [0.1, 0.15) is 26.3 Å². The average Bonchev–Trinajstić information content (AvgIpc) is 2.37. The zero-order valence-corrected chi connectivity index (χ0v) is 13.8. The third-order valence-corrected chi connectivity index (χ3v) is 6.62. The zero-order valence-electron chi connectivity index (χ0n) is 12.2. The molecule has 4 nitrogen and oxygen atoms in total. The Morgan fingerprint density at radius 2 is 1.90 bits per heavy atom. The first-order valence-corrected chi connectivity index (χ1v) is 9.27. The standard InChI is InChI=1S/C14H22N2O2S2/c1-4-12-5-6-13(15)7-14(12)20(17,18)16-8-10(2)19-11(3)9-16/h5-7,10-11H,4,8-9,15H2,1-3H3. The summed E-state index contributed by atoms with van der Waals surface area (Å²) < 4.78 is 27.3. The van der Waals surface area contributed by atoms with Crippen LogP contribution < -0.4 is 5.73 Å². The van der Waals surface area contributed by atoms with Crippen LogP contribution in [0, 0.1) is 0 Å². The minimum absolute atomic E-state index is 0.319. The molecule has 0 saturated carbocycles. The van der Waals surface area contributed by atoms with E-state index in [1.54, 1.807) is 16.4 Å². The molecule has 112 valence electrons. The molecule has 6 heteroatoms. The Bertz CT molecular complexity index is 577. The lowest BCUT2D eigenvalue weighted by molar-refractivity contribution is 0.404. The van der Waals surface area contributed by atoms with Crippen LogP contribution in [0.15, 0.2) is 23.1 Å². The maximum absolute atomic E-state index is 12.9. The second-order valence-corrected chi connectivity index (χ2v) is 9.09. The quantitative estimate of drug-likeness (QED) is 0.870. The summed E-state index contributed by atoms with van der Waals surface area (Å²) in [5.41, 5.74) is 7.10. The van der Waals surface area contributed by atoms with Gasteiger partial charge in [-0.25, -0.2) is 8.42 Å². The molecule has 0 bridgehead atoms. The highest BCUT2D eigenvalue weighted by Gasteiger charge is 2.33. The van der Waals surface area contributed by atoms with Gasteiger partial charge in [0.2, 0.25) is 10.0 Å². The Morgan fingerprint density at radius 3 is 2.45 bits per heavy atom. The second-order valence-electron chi connectivity index (χ2n) is 5.30. The van der Waals surface area contributed by atoms with Crippen LogP contribution >= 0.6 is 11.8 Å². The molecule has 1 heterocycles. The first-order chi connectivity index (χ1) is 9.34. The summed E-state index contributed by atoms with van der Waals surface area (Å²) in [5, 5.41) is 0.638. The summed E-state index contributed by atoms with van der Waals surface area (Å²) in [6.07, 6.45) is 0.683. The molecule has 1 aliphatic rings. The van der Waals surface area contributed by atoms with Gasteiger partial charge in [0.15, 0.2) is 0 Å². The van der Waals surface area contributed by atoms with Crippen molar-refractivity contribution in [3.05, 3.63) is 23.8 Å². The predicted molar refractivity (Wildman–Crippen MR) is 85.5 cm³/mol. The van der Waals surface area contributed by atoms with Crippen molar-refractivity contribution in [2.45, 2.75) is 42.6 Å². The molecule has 1 aromatic rings. The van der Waals surface area contributed by atoms with E-state index in [1.165, 1.54) is 0 Å². The highest BCUT2D eigenvalue weighted by molar-refractivity contribution is 8.00. The summed E-state index contributed by atoms with van der Waals surface area (Å²) in [4.78, 5) is 0.367. The van der Waals surface area contributed by atoms with Gasteiger partial charge in [0.25, 0.3) is 0 Å². The van der Waals surface area contributed by atoms with E-state index in [0.717, 1.165) is 5.56 Å². The molecule has 1 aliphatic heterocycles. The zero-order chi connectivity index (χ0) is 14.9. The van der Waals surface area contributed by atoms with E-state index in [4.69, 9.17) is 5.73 Å². The van der Waals surface area contributed by atoms with Crippen molar-refractivity contribution in [2.24, 2.45) is 0 Å². The lowest BCUT2D eigenvalue weighted by Gasteiger charge is -2.34. The average molecular weight is 314 g/mol. The van der Waals surface area contributed by atoms with E-state index in [2.05, 4.69) is 13.8 Å². The monoisotopic (exact) mass is 314 g/mol. The highest BCUT2D eigenvalue weighted by Crippen LogP contribution is 2.30. The van der Waals surface area contributed by atoms with Crippen LogP contribution in [0.2, 0.25) is 0 Å². The maximum Gasteiger partial charge on any atom is 0.243 e. The number of nitrogen functional groups attached to an aromatic ring is 1. The summed E-state index contributed by atoms with van der Waals surface area (Å²) in [6, 6.07) is 5.16. The predicted octanol–water partition coefficient (Wildman–Crippen LogP) is 2.35. The van der Waals surface area contributed by atoms with Gasteiger partial charge < -0.3 is 5.73 Å². The molecule has 0 amide bonds. The van der Waals surface area contributed by atoms with Crippen molar-refractivity contribution in [2.75, 3.05) is 18.8 Å². The number of nitrogens with two attached hydrogens (primary N) is 1. The van der Waals surface area contributed by atoms with Gasteiger partial charge in [0, 0.05) is 29.3 Å². The minimum atomic E-state index is -3.45. The van der Waals surface area contributed by atoms with Gasteiger partial charge in [0.1, 0.15) is 0 Å². The largest absolute Gasteiger partial charge is 0.399 e. The number of rotatable bonds is 3. The van der Waals surface area contributed by atoms with Crippen LogP contribution in [0.5, 0.6) is 0 Å². The first kappa shape index (κ1) is 15.7. The van der Waals surface area contributed by atoms with Crippen molar-refractivity contribution < 1.29 is 8.42 Å². The molecule has 0 aliphatic carbocycles. The normalized spacial score (nSPS) is 24.8. The van der Waals surface area contributed by atoms with E-state index >= 15 is 0 Å². The SMILES string of the molecule is CCc1ccc(N)cc1S(=O)(=O)N1CC(C)SC(C)C1. The molecule has 1 fully saturated rings. The van der Waals surface area contributed by atoms with E-state index in [9.17, 15) is 8.42 Å². The molecule has 0 radical (unpaired) electrons. The number of sulfonamides is 1. The van der Waals surface area contributed by atoms with E-state index in [0.29, 0.717) is 40.6 Å². The van der Waals surface area contributed by atoms with Crippen LogP contribution in [0.4, 0.5) is 5.69 Å². The number of anilines is 1. The molecule has 2 unspecified atom stereocenters. The van der Waals surface area contributed by atoms with E-state index < -0.39 is 10.0 Å². The lowest BCUT2D eigenvalue weighted by Crippen LogP contribution is -2.44. The summed E-state index contributed by atoms with van der Waals surface area (Å²) in [6.45, 7) is 7.23. The Morgan fingerprint density at radius 1 is 1.30 bits per heavy atom. The maximum atomic E-state index is 12.9. The van der Waals surface area contributed by atoms with Crippen LogP contribution in [-0.2, 0) is 16.4 Å².